The Balaban J connectivity index is 1.17. The van der Waals surface area contributed by atoms with E-state index in [-0.39, 0.29) is 0 Å². The summed E-state index contributed by atoms with van der Waals surface area (Å²) in [5.41, 5.74) is 6.88. The van der Waals surface area contributed by atoms with Crippen molar-refractivity contribution in [1.82, 2.24) is 30.6 Å². The predicted molar refractivity (Wildman–Crippen MR) is 127 cm³/mol. The Hall–Kier alpha value is -3.22. The molecule has 2 atom stereocenters. The lowest BCUT2D eigenvalue weighted by atomic mass is 10.0. The van der Waals surface area contributed by atoms with Gasteiger partial charge in [0.15, 0.2) is 0 Å². The lowest BCUT2D eigenvalue weighted by Gasteiger charge is -2.07. The summed E-state index contributed by atoms with van der Waals surface area (Å²) in [6.07, 6.45) is 8.62. The predicted octanol–water partition coefficient (Wildman–Crippen LogP) is 4.98. The molecule has 0 radical (unpaired) electrons. The first kappa shape index (κ1) is 19.5. The lowest BCUT2D eigenvalue weighted by Crippen LogP contribution is -2.14. The molecule has 2 fully saturated rings. The largest absolute Gasteiger partial charge is 0.341 e. The number of aromatic amines is 2. The highest BCUT2D eigenvalue weighted by Gasteiger charge is 2.20. The van der Waals surface area contributed by atoms with Gasteiger partial charge in [0.2, 0.25) is 0 Å². The van der Waals surface area contributed by atoms with Gasteiger partial charge in [-0.25, -0.2) is 9.97 Å². The van der Waals surface area contributed by atoms with Gasteiger partial charge in [-0.3, -0.25) is 0 Å². The summed E-state index contributed by atoms with van der Waals surface area (Å²) >= 11 is 0. The Morgan fingerprint density at radius 3 is 1.34 bits per heavy atom. The van der Waals surface area contributed by atoms with Gasteiger partial charge in [-0.1, -0.05) is 48.5 Å². The third kappa shape index (κ3) is 3.76. The highest BCUT2D eigenvalue weighted by Crippen LogP contribution is 2.29. The van der Waals surface area contributed by atoms with Crippen LogP contribution in [0.1, 0.15) is 49.4 Å². The first-order chi connectivity index (χ1) is 15.8. The standard InChI is InChI=1S/C26H28N6/c1-3-21(27-13-1)25-29-15-23(31-25)19-9-5-17(6-10-19)18-7-11-20(12-8-18)24-16-30-26(32-24)22-4-2-14-28-22/h5-12,15-16,21-22,27-28H,1-4,13-14H2,(H,29,31)(H,30,32)/t21-,22+. The van der Waals surface area contributed by atoms with Crippen molar-refractivity contribution in [3.63, 3.8) is 0 Å². The smallest absolute Gasteiger partial charge is 0.123 e. The summed E-state index contributed by atoms with van der Waals surface area (Å²) in [7, 11) is 0. The minimum absolute atomic E-state index is 0.363. The van der Waals surface area contributed by atoms with Crippen LogP contribution in [0, 0.1) is 0 Å². The molecule has 0 amide bonds. The molecule has 4 heterocycles. The van der Waals surface area contributed by atoms with Crippen LogP contribution < -0.4 is 10.6 Å². The molecule has 6 heteroatoms. The average Bonchev–Trinajstić information content (AvgIpc) is 3.66. The lowest BCUT2D eigenvalue weighted by molar-refractivity contribution is 0.613. The van der Waals surface area contributed by atoms with Crippen LogP contribution in [-0.4, -0.2) is 33.0 Å². The van der Waals surface area contributed by atoms with E-state index < -0.39 is 0 Å². The van der Waals surface area contributed by atoms with Gasteiger partial charge in [0.25, 0.3) is 0 Å². The van der Waals surface area contributed by atoms with Crippen LogP contribution in [0.5, 0.6) is 0 Å². The third-order valence-corrected chi connectivity index (χ3v) is 6.70. The Bertz CT molecular complexity index is 1080. The molecular formula is C26H28N6. The Kier molecular flexibility index (Phi) is 5.09. The molecular weight excluding hydrogens is 396 g/mol. The molecule has 0 unspecified atom stereocenters. The summed E-state index contributed by atoms with van der Waals surface area (Å²) < 4.78 is 0. The van der Waals surface area contributed by atoms with Crippen molar-refractivity contribution in [2.24, 2.45) is 0 Å². The topological polar surface area (TPSA) is 81.4 Å². The van der Waals surface area contributed by atoms with Crippen molar-refractivity contribution in [3.8, 4) is 33.6 Å². The highest BCUT2D eigenvalue weighted by molar-refractivity contribution is 5.71. The second-order valence-corrected chi connectivity index (χ2v) is 8.82. The van der Waals surface area contributed by atoms with Gasteiger partial charge in [-0.05, 0) is 61.0 Å². The van der Waals surface area contributed by atoms with E-state index in [1.165, 1.54) is 24.0 Å². The molecule has 4 N–H and O–H groups in total. The van der Waals surface area contributed by atoms with Gasteiger partial charge < -0.3 is 20.6 Å². The average molecular weight is 425 g/mol. The molecule has 4 aromatic rings. The minimum Gasteiger partial charge on any atom is -0.341 e. The number of nitrogens with one attached hydrogen (secondary N) is 4. The van der Waals surface area contributed by atoms with Crippen molar-refractivity contribution >= 4 is 0 Å². The maximum atomic E-state index is 4.59. The molecule has 2 aromatic heterocycles. The molecule has 2 aliphatic rings. The zero-order valence-corrected chi connectivity index (χ0v) is 18.1. The van der Waals surface area contributed by atoms with E-state index in [1.807, 2.05) is 12.4 Å². The van der Waals surface area contributed by atoms with E-state index in [0.717, 1.165) is 60.1 Å². The monoisotopic (exact) mass is 424 g/mol. The van der Waals surface area contributed by atoms with Crippen molar-refractivity contribution < 1.29 is 0 Å². The zero-order valence-electron chi connectivity index (χ0n) is 18.1. The first-order valence-electron chi connectivity index (χ1n) is 11.6. The number of hydrogen-bond donors (Lipinski definition) is 4. The number of rotatable bonds is 5. The fraction of sp³-hybridized carbons (Fsp3) is 0.308. The second-order valence-electron chi connectivity index (χ2n) is 8.82. The minimum atomic E-state index is 0.363. The molecule has 0 bridgehead atoms. The van der Waals surface area contributed by atoms with E-state index in [1.54, 1.807) is 0 Å². The maximum Gasteiger partial charge on any atom is 0.123 e. The van der Waals surface area contributed by atoms with Gasteiger partial charge in [-0.2, -0.15) is 0 Å². The van der Waals surface area contributed by atoms with Crippen LogP contribution in [0.15, 0.2) is 60.9 Å². The van der Waals surface area contributed by atoms with Crippen LogP contribution in [0.2, 0.25) is 0 Å². The number of aromatic nitrogens is 4. The fourth-order valence-electron chi connectivity index (χ4n) is 4.84. The quantitative estimate of drug-likeness (QED) is 0.364. The molecule has 2 aromatic carbocycles. The molecule has 2 saturated heterocycles. The molecule has 0 aliphatic carbocycles. The van der Waals surface area contributed by atoms with E-state index in [4.69, 9.17) is 0 Å². The first-order valence-corrected chi connectivity index (χ1v) is 11.6. The highest BCUT2D eigenvalue weighted by atomic mass is 15.0. The second kappa shape index (κ2) is 8.37. The number of benzene rings is 2. The Labute approximate surface area is 187 Å². The van der Waals surface area contributed by atoms with Gasteiger partial charge in [-0.15, -0.1) is 0 Å². The van der Waals surface area contributed by atoms with Crippen LogP contribution >= 0.6 is 0 Å². The van der Waals surface area contributed by atoms with Gasteiger partial charge in [0.1, 0.15) is 11.6 Å². The van der Waals surface area contributed by atoms with Crippen LogP contribution in [0.4, 0.5) is 0 Å². The summed E-state index contributed by atoms with van der Waals surface area (Å²) in [5, 5.41) is 6.99. The number of imidazole rings is 2. The Morgan fingerprint density at radius 2 is 0.969 bits per heavy atom. The molecule has 0 saturated carbocycles. The summed E-state index contributed by atoms with van der Waals surface area (Å²) in [6.45, 7) is 2.15. The van der Waals surface area contributed by atoms with Gasteiger partial charge in [0, 0.05) is 0 Å². The summed E-state index contributed by atoms with van der Waals surface area (Å²) in [4.78, 5) is 16.2. The summed E-state index contributed by atoms with van der Waals surface area (Å²) in [6, 6.07) is 18.1. The maximum absolute atomic E-state index is 4.59. The molecule has 6 nitrogen and oxygen atoms in total. The third-order valence-electron chi connectivity index (χ3n) is 6.70. The van der Waals surface area contributed by atoms with Crippen molar-refractivity contribution in [1.29, 1.82) is 0 Å². The molecule has 162 valence electrons. The van der Waals surface area contributed by atoms with E-state index >= 15 is 0 Å². The molecule has 6 rings (SSSR count). The van der Waals surface area contributed by atoms with Crippen LogP contribution in [-0.2, 0) is 0 Å². The zero-order chi connectivity index (χ0) is 21.3. The molecule has 2 aliphatic heterocycles. The van der Waals surface area contributed by atoms with E-state index in [2.05, 4.69) is 79.1 Å². The van der Waals surface area contributed by atoms with Gasteiger partial charge >= 0.3 is 0 Å². The number of H-pyrrole nitrogens is 2. The van der Waals surface area contributed by atoms with Crippen molar-refractivity contribution in [2.75, 3.05) is 13.1 Å². The van der Waals surface area contributed by atoms with Crippen molar-refractivity contribution in [2.45, 2.75) is 37.8 Å². The van der Waals surface area contributed by atoms with Crippen molar-refractivity contribution in [3.05, 3.63) is 72.6 Å². The van der Waals surface area contributed by atoms with Gasteiger partial charge in [0.05, 0.1) is 35.9 Å². The van der Waals surface area contributed by atoms with E-state index in [0.29, 0.717) is 12.1 Å². The summed E-state index contributed by atoms with van der Waals surface area (Å²) in [5.74, 6) is 2.09. The SMILES string of the molecule is c1cc(-c2cnc([C@@H]3CCCN3)[nH]2)ccc1-c1ccc(-c2cnc([C@H]3CCCN3)[nH]2)cc1. The number of hydrogen-bond acceptors (Lipinski definition) is 4. The molecule has 0 spiro atoms. The van der Waals surface area contributed by atoms with Crippen LogP contribution in [0.3, 0.4) is 0 Å². The van der Waals surface area contributed by atoms with Crippen LogP contribution in [0.25, 0.3) is 33.6 Å². The fourth-order valence-corrected chi connectivity index (χ4v) is 4.84. The normalized spacial score (nSPS) is 20.8. The molecule has 32 heavy (non-hydrogen) atoms. The number of nitrogens with zero attached hydrogens (tertiary/aromatic N) is 2. The Morgan fingerprint density at radius 1 is 0.562 bits per heavy atom. The van der Waals surface area contributed by atoms with E-state index in [9.17, 15) is 0 Å².